The Kier molecular flexibility index (Phi) is 4.85. The predicted molar refractivity (Wildman–Crippen MR) is 61.4 cm³/mol. The van der Waals surface area contributed by atoms with Crippen molar-refractivity contribution in [2.45, 2.75) is 19.9 Å². The number of methoxy groups -OCH3 is 1. The van der Waals surface area contributed by atoms with Gasteiger partial charge in [-0.25, -0.2) is 4.79 Å². The Morgan fingerprint density at radius 1 is 1.56 bits per heavy atom. The van der Waals surface area contributed by atoms with Gasteiger partial charge >= 0.3 is 5.97 Å². The SMILES string of the molecule is COCC(NC(=O)c1cc(C(=O)O)on1)C(C)C. The standard InChI is InChI=1S/C11H16N2O5/c1-6(2)8(5-17-3)12-10(14)7-4-9(11(15)16)18-13-7/h4,6,8H,5H2,1-3H3,(H,12,14)(H,15,16). The van der Waals surface area contributed by atoms with Gasteiger partial charge in [-0.3, -0.25) is 4.79 Å². The van der Waals surface area contributed by atoms with Gasteiger partial charge in [-0.15, -0.1) is 0 Å². The Morgan fingerprint density at radius 2 is 2.22 bits per heavy atom. The first-order chi connectivity index (χ1) is 8.45. The van der Waals surface area contributed by atoms with Crippen LogP contribution in [-0.4, -0.2) is 41.9 Å². The lowest BCUT2D eigenvalue weighted by Crippen LogP contribution is -2.41. The maximum Gasteiger partial charge on any atom is 0.374 e. The molecule has 0 aliphatic heterocycles. The van der Waals surface area contributed by atoms with Crippen LogP contribution in [0.1, 0.15) is 34.9 Å². The third kappa shape index (κ3) is 3.56. The fourth-order valence-electron chi connectivity index (χ4n) is 1.31. The van der Waals surface area contributed by atoms with Crippen LogP contribution in [0.4, 0.5) is 0 Å². The molecule has 2 N–H and O–H groups in total. The zero-order chi connectivity index (χ0) is 13.7. The average molecular weight is 256 g/mol. The van der Waals surface area contributed by atoms with E-state index in [0.717, 1.165) is 6.07 Å². The number of ether oxygens (including phenoxy) is 1. The molecule has 1 heterocycles. The number of aromatic nitrogens is 1. The van der Waals surface area contributed by atoms with E-state index in [1.165, 1.54) is 0 Å². The van der Waals surface area contributed by atoms with Gasteiger partial charge in [0.05, 0.1) is 12.6 Å². The molecule has 1 amide bonds. The molecule has 7 heteroatoms. The minimum absolute atomic E-state index is 0.0610. The van der Waals surface area contributed by atoms with Crippen LogP contribution in [0.25, 0.3) is 0 Å². The monoisotopic (exact) mass is 256 g/mol. The van der Waals surface area contributed by atoms with Gasteiger partial charge in [-0.2, -0.15) is 0 Å². The summed E-state index contributed by atoms with van der Waals surface area (Å²) in [6.45, 7) is 4.25. The lowest BCUT2D eigenvalue weighted by molar-refractivity contribution is 0.0650. The summed E-state index contributed by atoms with van der Waals surface area (Å²) in [5.74, 6) is -1.94. The molecule has 0 aromatic carbocycles. The predicted octanol–water partition coefficient (Wildman–Crippen LogP) is 0.774. The van der Waals surface area contributed by atoms with Gasteiger partial charge in [-0.1, -0.05) is 19.0 Å². The average Bonchev–Trinajstić information content (AvgIpc) is 2.77. The molecule has 0 spiro atoms. The third-order valence-electron chi connectivity index (χ3n) is 2.42. The number of amides is 1. The fourth-order valence-corrected chi connectivity index (χ4v) is 1.31. The van der Waals surface area contributed by atoms with E-state index in [4.69, 9.17) is 9.84 Å². The summed E-state index contributed by atoms with van der Waals surface area (Å²) in [7, 11) is 1.54. The maximum absolute atomic E-state index is 11.8. The summed E-state index contributed by atoms with van der Waals surface area (Å²) in [5.41, 5.74) is -0.0610. The number of carboxylic acids is 1. The Bertz CT molecular complexity index is 427. The molecule has 0 bridgehead atoms. The summed E-state index contributed by atoms with van der Waals surface area (Å²) in [4.78, 5) is 22.4. The first-order valence-electron chi connectivity index (χ1n) is 5.45. The Balaban J connectivity index is 2.71. The minimum Gasteiger partial charge on any atom is -0.475 e. The van der Waals surface area contributed by atoms with Crippen LogP contribution < -0.4 is 5.32 Å². The number of rotatable bonds is 6. The van der Waals surface area contributed by atoms with Crippen LogP contribution >= 0.6 is 0 Å². The molecule has 1 atom stereocenters. The van der Waals surface area contributed by atoms with E-state index < -0.39 is 11.9 Å². The van der Waals surface area contributed by atoms with Crippen molar-refractivity contribution in [2.75, 3.05) is 13.7 Å². The van der Waals surface area contributed by atoms with Crippen molar-refractivity contribution in [3.8, 4) is 0 Å². The van der Waals surface area contributed by atoms with E-state index in [0.29, 0.717) is 6.61 Å². The second-order valence-electron chi connectivity index (χ2n) is 4.16. The zero-order valence-electron chi connectivity index (χ0n) is 10.5. The molecule has 100 valence electrons. The van der Waals surface area contributed by atoms with Gasteiger partial charge in [0.1, 0.15) is 0 Å². The molecule has 7 nitrogen and oxygen atoms in total. The van der Waals surface area contributed by atoms with Crippen LogP contribution in [0.5, 0.6) is 0 Å². The molecule has 0 radical (unpaired) electrons. The number of hydrogen-bond acceptors (Lipinski definition) is 5. The molecule has 1 unspecified atom stereocenters. The van der Waals surface area contributed by atoms with Crippen molar-refractivity contribution in [3.05, 3.63) is 17.5 Å². The second-order valence-corrected chi connectivity index (χ2v) is 4.16. The first kappa shape index (κ1) is 14.2. The summed E-state index contributed by atoms with van der Waals surface area (Å²) < 4.78 is 9.50. The van der Waals surface area contributed by atoms with Crippen molar-refractivity contribution in [3.63, 3.8) is 0 Å². The van der Waals surface area contributed by atoms with E-state index in [9.17, 15) is 9.59 Å². The van der Waals surface area contributed by atoms with Gasteiger partial charge in [0, 0.05) is 13.2 Å². The smallest absolute Gasteiger partial charge is 0.374 e. The molecule has 0 saturated heterocycles. The normalized spacial score (nSPS) is 12.4. The molecule has 0 aliphatic rings. The van der Waals surface area contributed by atoms with E-state index >= 15 is 0 Å². The lowest BCUT2D eigenvalue weighted by atomic mass is 10.1. The number of nitrogens with zero attached hydrogens (tertiary/aromatic N) is 1. The van der Waals surface area contributed by atoms with Crippen LogP contribution in [0, 0.1) is 5.92 Å². The summed E-state index contributed by atoms with van der Waals surface area (Å²) >= 11 is 0. The van der Waals surface area contributed by atoms with Gasteiger partial charge in [0.25, 0.3) is 5.91 Å². The molecule has 18 heavy (non-hydrogen) atoms. The van der Waals surface area contributed by atoms with E-state index in [-0.39, 0.29) is 23.4 Å². The van der Waals surface area contributed by atoms with Crippen LogP contribution in [0.15, 0.2) is 10.6 Å². The van der Waals surface area contributed by atoms with Crippen LogP contribution in [0.3, 0.4) is 0 Å². The minimum atomic E-state index is -1.26. The van der Waals surface area contributed by atoms with Crippen LogP contribution in [0.2, 0.25) is 0 Å². The Morgan fingerprint density at radius 3 is 2.67 bits per heavy atom. The number of carbonyl (C=O) groups is 2. The summed E-state index contributed by atoms with van der Waals surface area (Å²) in [6, 6.07) is 0.912. The number of hydrogen-bond donors (Lipinski definition) is 2. The quantitative estimate of drug-likeness (QED) is 0.779. The highest BCUT2D eigenvalue weighted by molar-refractivity contribution is 5.94. The molecular weight excluding hydrogens is 240 g/mol. The van der Waals surface area contributed by atoms with Gasteiger partial charge in [0.15, 0.2) is 5.69 Å². The molecule has 0 fully saturated rings. The van der Waals surface area contributed by atoms with Crippen molar-refractivity contribution in [2.24, 2.45) is 5.92 Å². The highest BCUT2D eigenvalue weighted by Crippen LogP contribution is 2.06. The number of nitrogens with one attached hydrogen (secondary N) is 1. The van der Waals surface area contributed by atoms with Crippen molar-refractivity contribution in [1.29, 1.82) is 0 Å². The Labute approximate surface area is 104 Å². The van der Waals surface area contributed by atoms with Gasteiger partial charge in [-0.05, 0) is 5.92 Å². The summed E-state index contributed by atoms with van der Waals surface area (Å²) in [5, 5.41) is 14.8. The number of aromatic carboxylic acids is 1. The third-order valence-corrected chi connectivity index (χ3v) is 2.42. The van der Waals surface area contributed by atoms with E-state index in [2.05, 4.69) is 15.0 Å². The second kappa shape index (κ2) is 6.15. The lowest BCUT2D eigenvalue weighted by Gasteiger charge is -2.20. The fraction of sp³-hybridized carbons (Fsp3) is 0.545. The molecular formula is C11H16N2O5. The van der Waals surface area contributed by atoms with Gasteiger partial charge < -0.3 is 19.7 Å². The molecule has 1 aromatic heterocycles. The topological polar surface area (TPSA) is 102 Å². The molecule has 1 aromatic rings. The Hall–Kier alpha value is -1.89. The molecule has 0 aliphatic carbocycles. The van der Waals surface area contributed by atoms with Gasteiger partial charge in [0.2, 0.25) is 5.76 Å². The maximum atomic E-state index is 11.8. The molecule has 1 rings (SSSR count). The number of carbonyl (C=O) groups excluding carboxylic acids is 1. The van der Waals surface area contributed by atoms with E-state index in [1.54, 1.807) is 7.11 Å². The zero-order valence-corrected chi connectivity index (χ0v) is 10.5. The van der Waals surface area contributed by atoms with E-state index in [1.807, 2.05) is 13.8 Å². The van der Waals surface area contributed by atoms with Crippen molar-refractivity contribution in [1.82, 2.24) is 10.5 Å². The highest BCUT2D eigenvalue weighted by Gasteiger charge is 2.21. The number of carboxylic acid groups (broad SMARTS) is 1. The molecule has 0 saturated carbocycles. The highest BCUT2D eigenvalue weighted by atomic mass is 16.5. The summed E-state index contributed by atoms with van der Waals surface area (Å²) in [6.07, 6.45) is 0. The largest absolute Gasteiger partial charge is 0.475 e. The van der Waals surface area contributed by atoms with Crippen molar-refractivity contribution >= 4 is 11.9 Å². The van der Waals surface area contributed by atoms with Crippen molar-refractivity contribution < 1.29 is 24.0 Å². The van der Waals surface area contributed by atoms with Crippen LogP contribution in [-0.2, 0) is 4.74 Å². The first-order valence-corrected chi connectivity index (χ1v) is 5.45.